The molecule has 0 aliphatic rings. The van der Waals surface area contributed by atoms with Gasteiger partial charge in [-0.05, 0) is 24.3 Å². The molecule has 0 bridgehead atoms. The summed E-state index contributed by atoms with van der Waals surface area (Å²) in [4.78, 5) is 0. The van der Waals surface area contributed by atoms with Crippen LogP contribution in [0.1, 0.15) is 17.2 Å². The lowest BCUT2D eigenvalue weighted by atomic mass is 10.0. The summed E-state index contributed by atoms with van der Waals surface area (Å²) in [6.07, 6.45) is -1.26. The van der Waals surface area contributed by atoms with Crippen molar-refractivity contribution in [1.82, 2.24) is 0 Å². The Morgan fingerprint density at radius 3 is 2.37 bits per heavy atom. The molecule has 2 aromatic carbocycles. The summed E-state index contributed by atoms with van der Waals surface area (Å²) in [7, 11) is 1.42. The molecule has 0 aliphatic carbocycles. The summed E-state index contributed by atoms with van der Waals surface area (Å²) in [5, 5.41) is 10.2. The van der Waals surface area contributed by atoms with Crippen molar-refractivity contribution in [3.8, 4) is 5.75 Å². The third-order valence-electron chi connectivity index (χ3n) is 2.76. The molecule has 5 heteroatoms. The van der Waals surface area contributed by atoms with Crippen LogP contribution >= 0.6 is 11.6 Å². The lowest BCUT2D eigenvalue weighted by molar-refractivity contribution is 0.214. The van der Waals surface area contributed by atoms with E-state index in [9.17, 15) is 13.9 Å². The van der Waals surface area contributed by atoms with Crippen LogP contribution in [0.15, 0.2) is 36.4 Å². The molecular weight excluding hydrogens is 274 g/mol. The third kappa shape index (κ3) is 2.85. The number of hydrogen-bond donors (Lipinski definition) is 1. The molecule has 0 fully saturated rings. The first kappa shape index (κ1) is 13.8. The molecule has 2 nitrogen and oxygen atoms in total. The quantitative estimate of drug-likeness (QED) is 0.931. The number of rotatable bonds is 3. The number of benzene rings is 2. The molecule has 0 amide bonds. The number of ether oxygens (including phenoxy) is 1. The predicted molar refractivity (Wildman–Crippen MR) is 68.4 cm³/mol. The van der Waals surface area contributed by atoms with E-state index in [4.69, 9.17) is 16.3 Å². The highest BCUT2D eigenvalue weighted by Crippen LogP contribution is 2.31. The van der Waals surface area contributed by atoms with E-state index in [1.54, 1.807) is 0 Å². The maximum atomic E-state index is 13.8. The van der Waals surface area contributed by atoms with Gasteiger partial charge in [0.15, 0.2) is 0 Å². The van der Waals surface area contributed by atoms with Crippen molar-refractivity contribution in [2.24, 2.45) is 0 Å². The molecule has 2 aromatic rings. The van der Waals surface area contributed by atoms with Gasteiger partial charge >= 0.3 is 0 Å². The number of halogens is 3. The van der Waals surface area contributed by atoms with Crippen LogP contribution in [0, 0.1) is 11.6 Å². The fourth-order valence-electron chi connectivity index (χ4n) is 1.75. The highest BCUT2D eigenvalue weighted by Gasteiger charge is 2.18. The van der Waals surface area contributed by atoms with E-state index in [1.807, 2.05) is 0 Å². The zero-order chi connectivity index (χ0) is 14.0. The summed E-state index contributed by atoms with van der Waals surface area (Å²) < 4.78 is 31.6. The Bertz CT molecular complexity index is 602. The second-order valence-electron chi connectivity index (χ2n) is 3.96. The van der Waals surface area contributed by atoms with Crippen molar-refractivity contribution in [3.05, 3.63) is 64.2 Å². The molecule has 100 valence electrons. The van der Waals surface area contributed by atoms with E-state index < -0.39 is 17.7 Å². The Morgan fingerprint density at radius 2 is 1.79 bits per heavy atom. The molecule has 0 aliphatic heterocycles. The normalized spacial score (nSPS) is 12.3. The number of methoxy groups -OCH3 is 1. The zero-order valence-corrected chi connectivity index (χ0v) is 10.8. The number of hydrogen-bond acceptors (Lipinski definition) is 2. The van der Waals surface area contributed by atoms with E-state index in [0.29, 0.717) is 5.75 Å². The van der Waals surface area contributed by atoms with Gasteiger partial charge in [-0.2, -0.15) is 0 Å². The Balaban J connectivity index is 2.41. The minimum absolute atomic E-state index is 0.0442. The highest BCUT2D eigenvalue weighted by molar-refractivity contribution is 6.31. The van der Waals surface area contributed by atoms with Crippen LogP contribution < -0.4 is 4.74 Å². The Labute approximate surface area is 114 Å². The van der Waals surface area contributed by atoms with Crippen LogP contribution in [0.4, 0.5) is 8.78 Å². The van der Waals surface area contributed by atoms with Gasteiger partial charge in [0.1, 0.15) is 23.5 Å². The molecule has 2 rings (SSSR count). The summed E-state index contributed by atoms with van der Waals surface area (Å²) in [5.41, 5.74) is 0.293. The van der Waals surface area contributed by atoms with E-state index >= 15 is 0 Å². The topological polar surface area (TPSA) is 29.5 Å². The molecule has 1 atom stereocenters. The molecule has 0 heterocycles. The first-order valence-corrected chi connectivity index (χ1v) is 5.87. The van der Waals surface area contributed by atoms with Crippen LogP contribution in [0.25, 0.3) is 0 Å². The number of aliphatic hydroxyl groups is 1. The minimum Gasteiger partial charge on any atom is -0.497 e. The lowest BCUT2D eigenvalue weighted by Crippen LogP contribution is -2.04. The van der Waals surface area contributed by atoms with E-state index in [-0.39, 0.29) is 16.1 Å². The molecule has 0 saturated heterocycles. The van der Waals surface area contributed by atoms with Crippen molar-refractivity contribution < 1.29 is 18.6 Å². The van der Waals surface area contributed by atoms with Crippen molar-refractivity contribution in [3.63, 3.8) is 0 Å². The summed E-state index contributed by atoms with van der Waals surface area (Å²) >= 11 is 5.84. The Kier molecular flexibility index (Phi) is 4.02. The Hall–Kier alpha value is -1.65. The molecular formula is C14H11ClF2O2. The van der Waals surface area contributed by atoms with Crippen LogP contribution in [0.5, 0.6) is 5.75 Å². The second kappa shape index (κ2) is 5.55. The van der Waals surface area contributed by atoms with Gasteiger partial charge in [-0.15, -0.1) is 0 Å². The van der Waals surface area contributed by atoms with E-state index in [0.717, 1.165) is 18.2 Å². The number of aliphatic hydroxyl groups excluding tert-OH is 1. The van der Waals surface area contributed by atoms with Gasteiger partial charge in [0.2, 0.25) is 0 Å². The molecule has 1 unspecified atom stereocenters. The van der Waals surface area contributed by atoms with Crippen molar-refractivity contribution in [2.75, 3.05) is 7.11 Å². The van der Waals surface area contributed by atoms with E-state index in [2.05, 4.69) is 0 Å². The average molecular weight is 285 g/mol. The average Bonchev–Trinajstić information content (AvgIpc) is 2.37. The van der Waals surface area contributed by atoms with Gasteiger partial charge < -0.3 is 9.84 Å². The first-order valence-electron chi connectivity index (χ1n) is 5.49. The van der Waals surface area contributed by atoms with Crippen molar-refractivity contribution in [2.45, 2.75) is 6.10 Å². The van der Waals surface area contributed by atoms with Gasteiger partial charge in [0.25, 0.3) is 0 Å². The summed E-state index contributed by atoms with van der Waals surface area (Å²) in [5.74, 6) is -0.790. The van der Waals surface area contributed by atoms with Crippen LogP contribution in [0.2, 0.25) is 5.02 Å². The maximum absolute atomic E-state index is 13.8. The molecule has 1 N–H and O–H groups in total. The fourth-order valence-corrected chi connectivity index (χ4v) is 2.02. The second-order valence-corrected chi connectivity index (χ2v) is 4.36. The van der Waals surface area contributed by atoms with Crippen LogP contribution in [-0.4, -0.2) is 12.2 Å². The fraction of sp³-hybridized carbons (Fsp3) is 0.143. The SMILES string of the molecule is COc1ccc(C(O)c2ccc(F)cc2Cl)c(F)c1. The maximum Gasteiger partial charge on any atom is 0.133 e. The molecule has 0 saturated carbocycles. The monoisotopic (exact) mass is 284 g/mol. The standard InChI is InChI=1S/C14H11ClF2O2/c1-19-9-3-5-11(13(17)7-9)14(18)10-4-2-8(16)6-12(10)15/h2-7,14,18H,1H3. The van der Waals surface area contributed by atoms with Gasteiger partial charge in [0, 0.05) is 22.2 Å². The highest BCUT2D eigenvalue weighted by atomic mass is 35.5. The van der Waals surface area contributed by atoms with Crippen LogP contribution in [0.3, 0.4) is 0 Å². The molecule has 0 radical (unpaired) electrons. The molecule has 0 aromatic heterocycles. The zero-order valence-electron chi connectivity index (χ0n) is 10.0. The predicted octanol–water partition coefficient (Wildman–Crippen LogP) is 3.71. The lowest BCUT2D eigenvalue weighted by Gasteiger charge is -2.14. The van der Waals surface area contributed by atoms with Gasteiger partial charge in [-0.1, -0.05) is 17.7 Å². The van der Waals surface area contributed by atoms with Gasteiger partial charge in [0.05, 0.1) is 7.11 Å². The summed E-state index contributed by atoms with van der Waals surface area (Å²) in [6.45, 7) is 0. The summed E-state index contributed by atoms with van der Waals surface area (Å²) in [6, 6.07) is 7.65. The van der Waals surface area contributed by atoms with Gasteiger partial charge in [-0.25, -0.2) is 8.78 Å². The van der Waals surface area contributed by atoms with Crippen molar-refractivity contribution >= 4 is 11.6 Å². The van der Waals surface area contributed by atoms with Crippen molar-refractivity contribution in [1.29, 1.82) is 0 Å². The van der Waals surface area contributed by atoms with Crippen LogP contribution in [-0.2, 0) is 0 Å². The van der Waals surface area contributed by atoms with E-state index in [1.165, 1.54) is 25.3 Å². The molecule has 19 heavy (non-hydrogen) atoms. The van der Waals surface area contributed by atoms with Gasteiger partial charge in [-0.3, -0.25) is 0 Å². The smallest absolute Gasteiger partial charge is 0.133 e. The molecule has 0 spiro atoms. The largest absolute Gasteiger partial charge is 0.497 e. The third-order valence-corrected chi connectivity index (χ3v) is 3.09. The Morgan fingerprint density at radius 1 is 1.11 bits per heavy atom. The minimum atomic E-state index is -1.26. The first-order chi connectivity index (χ1) is 9.02.